The molecule has 18 heavy (non-hydrogen) atoms. The molecule has 0 aromatic carbocycles. The van der Waals surface area contributed by atoms with E-state index >= 15 is 0 Å². The number of Topliss-reactive ketones (excluding diaryl/α,β-unsaturated/α-hetero) is 1. The van der Waals surface area contributed by atoms with Gasteiger partial charge in [0.1, 0.15) is 0 Å². The molecule has 1 nitrogen and oxygen atoms in total. The van der Waals surface area contributed by atoms with Gasteiger partial charge in [-0.3, -0.25) is 4.79 Å². The summed E-state index contributed by atoms with van der Waals surface area (Å²) < 4.78 is 0. The lowest BCUT2D eigenvalue weighted by molar-refractivity contribution is -0.123. The Morgan fingerprint density at radius 1 is 1.56 bits per heavy atom. The summed E-state index contributed by atoms with van der Waals surface area (Å²) in [5, 5.41) is 0.885. The van der Waals surface area contributed by atoms with Crippen molar-refractivity contribution in [3.8, 4) is 0 Å². The third-order valence-corrected chi connectivity index (χ3v) is 4.07. The van der Waals surface area contributed by atoms with Crippen molar-refractivity contribution in [3.05, 3.63) is 35.4 Å². The van der Waals surface area contributed by atoms with Gasteiger partial charge in [0.15, 0.2) is 5.78 Å². The Hall–Kier alpha value is -0.820. The zero-order chi connectivity index (χ0) is 13.8. The van der Waals surface area contributed by atoms with Gasteiger partial charge in [0, 0.05) is 22.8 Å². The smallest absolute Gasteiger partial charge is 0.164 e. The van der Waals surface area contributed by atoms with Crippen molar-refractivity contribution in [2.45, 2.75) is 46.5 Å². The normalized spacial score (nSPS) is 20.9. The highest BCUT2D eigenvalue weighted by Gasteiger charge is 2.29. The Morgan fingerprint density at radius 2 is 2.22 bits per heavy atom. The Morgan fingerprint density at radius 3 is 2.83 bits per heavy atom. The van der Waals surface area contributed by atoms with Crippen LogP contribution in [-0.4, -0.2) is 5.78 Å². The van der Waals surface area contributed by atoms with Crippen LogP contribution in [0.1, 0.15) is 46.5 Å². The first kappa shape index (κ1) is 15.2. The zero-order valence-electron chi connectivity index (χ0n) is 11.6. The third-order valence-electron chi connectivity index (χ3n) is 3.76. The van der Waals surface area contributed by atoms with Crippen LogP contribution in [0.4, 0.5) is 0 Å². The molecule has 0 heterocycles. The van der Waals surface area contributed by atoms with Crippen molar-refractivity contribution in [3.63, 3.8) is 0 Å². The van der Waals surface area contributed by atoms with Crippen LogP contribution < -0.4 is 0 Å². The van der Waals surface area contributed by atoms with Crippen LogP contribution in [0.5, 0.6) is 0 Å². The molecule has 0 aliphatic heterocycles. The second kappa shape index (κ2) is 6.38. The summed E-state index contributed by atoms with van der Waals surface area (Å²) in [5.41, 5.74) is 0.436. The summed E-state index contributed by atoms with van der Waals surface area (Å²) >= 11 is 6.00. The second-order valence-electron chi connectivity index (χ2n) is 5.56. The van der Waals surface area contributed by atoms with Gasteiger partial charge < -0.3 is 0 Å². The Balaban J connectivity index is 2.76. The van der Waals surface area contributed by atoms with E-state index in [-0.39, 0.29) is 17.1 Å². The molecule has 100 valence electrons. The van der Waals surface area contributed by atoms with Crippen LogP contribution in [-0.2, 0) is 4.79 Å². The number of hydrogen-bond acceptors (Lipinski definition) is 1. The molecule has 1 atom stereocenters. The first-order chi connectivity index (χ1) is 8.38. The lowest BCUT2D eigenvalue weighted by Crippen LogP contribution is -2.27. The highest BCUT2D eigenvalue weighted by Crippen LogP contribution is 2.31. The number of ketones is 1. The van der Waals surface area contributed by atoms with Gasteiger partial charge in [0.05, 0.1) is 0 Å². The summed E-state index contributed by atoms with van der Waals surface area (Å²) in [6, 6.07) is 0. The van der Waals surface area contributed by atoms with Crippen LogP contribution in [0.25, 0.3) is 0 Å². The third kappa shape index (κ3) is 3.84. The largest absolute Gasteiger partial charge is 0.294 e. The Bertz CT molecular complexity index is 388. The van der Waals surface area contributed by atoms with E-state index in [1.807, 2.05) is 32.9 Å². The lowest BCUT2D eigenvalue weighted by Gasteiger charge is -2.25. The van der Waals surface area contributed by atoms with E-state index in [1.165, 1.54) is 0 Å². The van der Waals surface area contributed by atoms with Crippen LogP contribution >= 0.6 is 11.6 Å². The van der Waals surface area contributed by atoms with Crippen LogP contribution in [0.15, 0.2) is 35.4 Å². The van der Waals surface area contributed by atoms with E-state index in [0.29, 0.717) is 0 Å². The fraction of sp³-hybridized carbons (Fsp3) is 0.562. The quantitative estimate of drug-likeness (QED) is 0.515. The van der Waals surface area contributed by atoms with E-state index < -0.39 is 0 Å². The van der Waals surface area contributed by atoms with E-state index in [0.717, 1.165) is 36.3 Å². The van der Waals surface area contributed by atoms with Crippen molar-refractivity contribution in [1.29, 1.82) is 0 Å². The number of rotatable bonds is 4. The zero-order valence-corrected chi connectivity index (χ0v) is 12.4. The molecule has 0 saturated heterocycles. The van der Waals surface area contributed by atoms with E-state index in [9.17, 15) is 4.79 Å². The van der Waals surface area contributed by atoms with E-state index in [2.05, 4.69) is 12.7 Å². The molecule has 0 N–H and O–H groups in total. The van der Waals surface area contributed by atoms with E-state index in [1.54, 1.807) is 0 Å². The monoisotopic (exact) mass is 266 g/mol. The summed E-state index contributed by atoms with van der Waals surface area (Å²) in [4.78, 5) is 12.4. The van der Waals surface area contributed by atoms with Gasteiger partial charge in [0.2, 0.25) is 0 Å². The summed E-state index contributed by atoms with van der Waals surface area (Å²) in [5.74, 6) is 0.347. The highest BCUT2D eigenvalue weighted by molar-refractivity contribution is 6.29. The van der Waals surface area contributed by atoms with Gasteiger partial charge in [-0.05, 0) is 24.8 Å². The maximum Gasteiger partial charge on any atom is 0.164 e. The van der Waals surface area contributed by atoms with Crippen molar-refractivity contribution >= 4 is 17.4 Å². The molecule has 0 bridgehead atoms. The average molecular weight is 267 g/mol. The van der Waals surface area contributed by atoms with Crippen molar-refractivity contribution in [2.24, 2.45) is 11.3 Å². The average Bonchev–Trinajstić information content (AvgIpc) is 2.31. The predicted octanol–water partition coefficient (Wildman–Crippen LogP) is 5.03. The first-order valence-electron chi connectivity index (χ1n) is 6.63. The molecule has 1 unspecified atom stereocenters. The van der Waals surface area contributed by atoms with Gasteiger partial charge in [0.25, 0.3) is 0 Å². The van der Waals surface area contributed by atoms with Gasteiger partial charge in [-0.15, -0.1) is 0 Å². The number of allylic oxidation sites excluding steroid dienone is 5. The van der Waals surface area contributed by atoms with E-state index in [4.69, 9.17) is 11.6 Å². The van der Waals surface area contributed by atoms with Crippen molar-refractivity contribution in [2.75, 3.05) is 0 Å². The lowest BCUT2D eigenvalue weighted by atomic mass is 9.77. The summed E-state index contributed by atoms with van der Waals surface area (Å²) in [7, 11) is 0. The van der Waals surface area contributed by atoms with Gasteiger partial charge in [-0.25, -0.2) is 0 Å². The minimum absolute atomic E-state index is 0.157. The molecule has 0 amide bonds. The maximum atomic E-state index is 12.4. The van der Waals surface area contributed by atoms with Crippen LogP contribution in [0.2, 0.25) is 0 Å². The van der Waals surface area contributed by atoms with Gasteiger partial charge >= 0.3 is 0 Å². The first-order valence-corrected chi connectivity index (χ1v) is 7.01. The Labute approximate surface area is 116 Å². The topological polar surface area (TPSA) is 17.1 Å². The number of carbonyl (C=O) groups is 1. The minimum Gasteiger partial charge on any atom is -0.294 e. The van der Waals surface area contributed by atoms with Crippen LogP contribution in [0.3, 0.4) is 0 Å². The molecule has 1 aliphatic rings. The summed E-state index contributed by atoms with van der Waals surface area (Å²) in [6.07, 6.45) is 9.59. The number of carbonyl (C=O) groups excluding carboxylic acids is 1. The Kier molecular flexibility index (Phi) is 5.40. The molecule has 1 aliphatic carbocycles. The molecule has 0 spiro atoms. The SMILES string of the molecule is C=C(C(=O)C(C)(C)CC)C1C=CCC(Cl)=CCC1. The fourth-order valence-corrected chi connectivity index (χ4v) is 2.20. The fourth-order valence-electron chi connectivity index (χ4n) is 2.00. The molecule has 0 saturated carbocycles. The molecular formula is C16H23ClO. The van der Waals surface area contributed by atoms with Crippen molar-refractivity contribution < 1.29 is 4.79 Å². The van der Waals surface area contributed by atoms with Gasteiger partial charge in [-0.2, -0.15) is 0 Å². The maximum absolute atomic E-state index is 12.4. The second-order valence-corrected chi connectivity index (χ2v) is 6.04. The standard InChI is InChI=1S/C16H23ClO/c1-5-16(3,4)15(18)12(2)13-8-6-10-14(17)11-7-9-13/h6,8,11,13H,2,5,7,9-10H2,1,3-4H3. The molecule has 0 aromatic rings. The minimum atomic E-state index is -0.305. The molecule has 0 radical (unpaired) electrons. The molecule has 1 rings (SSSR count). The molecular weight excluding hydrogens is 244 g/mol. The van der Waals surface area contributed by atoms with Gasteiger partial charge in [-0.1, -0.05) is 57.2 Å². The predicted molar refractivity (Wildman–Crippen MR) is 78.6 cm³/mol. The number of halogens is 1. The van der Waals surface area contributed by atoms with Crippen molar-refractivity contribution in [1.82, 2.24) is 0 Å². The molecule has 0 aromatic heterocycles. The van der Waals surface area contributed by atoms with Crippen LogP contribution in [0, 0.1) is 11.3 Å². The molecule has 2 heteroatoms. The molecule has 0 fully saturated rings. The highest BCUT2D eigenvalue weighted by atomic mass is 35.5. The summed E-state index contributed by atoms with van der Waals surface area (Å²) in [6.45, 7) is 10.1. The number of hydrogen-bond donors (Lipinski definition) is 0.